The monoisotopic (exact) mass is 796 g/mol. The van der Waals surface area contributed by atoms with Crippen LogP contribution in [0.1, 0.15) is 219 Å². The van der Waals surface area contributed by atoms with Gasteiger partial charge in [0.15, 0.2) is 0 Å². The molecule has 0 amide bonds. The number of nitrogens with zero attached hydrogens (tertiary/aromatic N) is 6. The van der Waals surface area contributed by atoms with Crippen molar-refractivity contribution in [1.29, 1.82) is 0 Å². The first-order valence-electron chi connectivity index (χ1n) is 23.9. The van der Waals surface area contributed by atoms with Crippen LogP contribution >= 0.6 is 0 Å². The number of nitrogens with one attached hydrogen (secondary N) is 3. The van der Waals surface area contributed by atoms with Gasteiger partial charge in [0.05, 0.1) is 0 Å². The van der Waals surface area contributed by atoms with Gasteiger partial charge in [-0.3, -0.25) is 0 Å². The van der Waals surface area contributed by atoms with Gasteiger partial charge in [-0.1, -0.05) is 78.6 Å². The van der Waals surface area contributed by atoms with Crippen molar-refractivity contribution in [2.75, 3.05) is 34.3 Å². The van der Waals surface area contributed by atoms with E-state index in [1.807, 2.05) is 0 Å². The maximum absolute atomic E-state index is 5.72. The summed E-state index contributed by atoms with van der Waals surface area (Å²) in [7, 11) is 0. The van der Waals surface area contributed by atoms with Crippen LogP contribution in [-0.2, 0) is 0 Å². The molecule has 330 valence electrons. The lowest BCUT2D eigenvalue weighted by Gasteiger charge is -2.51. The van der Waals surface area contributed by atoms with Crippen molar-refractivity contribution in [3.05, 3.63) is 0 Å². The van der Waals surface area contributed by atoms with Gasteiger partial charge in [0.2, 0.25) is 17.8 Å². The van der Waals surface area contributed by atoms with Gasteiger partial charge in [0.1, 0.15) is 0 Å². The van der Waals surface area contributed by atoms with Gasteiger partial charge in [-0.05, 0) is 141 Å². The Labute approximate surface area is 352 Å². The molecule has 0 atom stereocenters. The SMILES string of the molecule is CCCCCCN(c1nc(N(CCCCCC)C2CC(C)(C)NC(C)(C)C2)nc(N(CCCCCC)C2CC(C)(C)NC(C)(C)C2)n1)C1CC(C)(C)NC(C)(C)C1. The summed E-state index contributed by atoms with van der Waals surface area (Å²) in [5, 5.41) is 11.9. The highest BCUT2D eigenvalue weighted by Crippen LogP contribution is 2.39. The summed E-state index contributed by atoms with van der Waals surface area (Å²) in [6, 6.07) is 1.02. The predicted octanol–water partition coefficient (Wildman–Crippen LogP) is 11.0. The van der Waals surface area contributed by atoms with E-state index in [2.05, 4.69) is 135 Å². The largest absolute Gasteiger partial charge is 0.338 e. The first-order valence-corrected chi connectivity index (χ1v) is 23.9. The molecule has 0 aliphatic carbocycles. The number of hydrogen-bond donors (Lipinski definition) is 3. The van der Waals surface area contributed by atoms with Crippen LogP contribution in [0.15, 0.2) is 0 Å². The Balaban J connectivity index is 1.95. The van der Waals surface area contributed by atoms with Gasteiger partial charge in [-0.25, -0.2) is 0 Å². The van der Waals surface area contributed by atoms with Crippen molar-refractivity contribution < 1.29 is 0 Å². The van der Waals surface area contributed by atoms with Crippen molar-refractivity contribution in [3.8, 4) is 0 Å². The fraction of sp³-hybridized carbons (Fsp3) is 0.938. The van der Waals surface area contributed by atoms with Crippen molar-refractivity contribution in [3.63, 3.8) is 0 Å². The molecule has 9 heteroatoms. The molecule has 9 nitrogen and oxygen atoms in total. The van der Waals surface area contributed by atoms with Crippen LogP contribution in [0, 0.1) is 0 Å². The van der Waals surface area contributed by atoms with E-state index in [1.54, 1.807) is 0 Å². The fourth-order valence-corrected chi connectivity index (χ4v) is 11.7. The third-order valence-electron chi connectivity index (χ3n) is 13.0. The molecule has 57 heavy (non-hydrogen) atoms. The maximum atomic E-state index is 5.72. The Morgan fingerprint density at radius 2 is 0.579 bits per heavy atom. The van der Waals surface area contributed by atoms with Crippen LogP contribution in [0.2, 0.25) is 0 Å². The molecular formula is C48H93N9. The minimum atomic E-state index is 0.0158. The topological polar surface area (TPSA) is 84.5 Å². The molecule has 4 rings (SSSR count). The summed E-state index contributed by atoms with van der Waals surface area (Å²) >= 11 is 0. The molecule has 0 spiro atoms. The number of piperidine rings is 3. The lowest BCUT2D eigenvalue weighted by molar-refractivity contribution is 0.157. The zero-order valence-electron chi connectivity index (χ0n) is 40.3. The summed E-state index contributed by atoms with van der Waals surface area (Å²) < 4.78 is 0. The second-order valence-corrected chi connectivity index (χ2v) is 22.9. The van der Waals surface area contributed by atoms with E-state index in [0.717, 1.165) is 95.3 Å². The highest BCUT2D eigenvalue weighted by Gasteiger charge is 2.44. The van der Waals surface area contributed by atoms with Gasteiger partial charge in [0, 0.05) is 71.0 Å². The van der Waals surface area contributed by atoms with E-state index in [-0.39, 0.29) is 33.2 Å². The van der Waals surface area contributed by atoms with Gasteiger partial charge in [-0.2, -0.15) is 15.0 Å². The standard InChI is InChI=1S/C48H93N9/c1-16-19-22-25-28-55(37-31-43(4,5)52-44(6,7)32-37)40-49-41(56(29-26-23-20-17-2)38-33-45(8,9)53-46(10,11)34-38)51-42(50-40)57(30-27-24-21-18-3)39-35-47(12,13)54-48(14,15)36-39/h37-39,52-54H,16-36H2,1-15H3. The highest BCUT2D eigenvalue weighted by atomic mass is 15.4. The van der Waals surface area contributed by atoms with Crippen molar-refractivity contribution in [2.45, 2.75) is 271 Å². The molecule has 1 aromatic rings. The Kier molecular flexibility index (Phi) is 16.6. The zero-order chi connectivity index (χ0) is 42.3. The van der Waals surface area contributed by atoms with Gasteiger partial charge < -0.3 is 30.7 Å². The molecular weight excluding hydrogens is 703 g/mol. The Morgan fingerprint density at radius 1 is 0.368 bits per heavy atom. The molecule has 3 aliphatic rings. The third kappa shape index (κ3) is 14.8. The van der Waals surface area contributed by atoms with Crippen LogP contribution in [-0.4, -0.2) is 85.9 Å². The predicted molar refractivity (Wildman–Crippen MR) is 247 cm³/mol. The Morgan fingerprint density at radius 3 is 0.772 bits per heavy atom. The molecule has 3 fully saturated rings. The third-order valence-corrected chi connectivity index (χ3v) is 13.0. The van der Waals surface area contributed by atoms with E-state index in [9.17, 15) is 0 Å². The molecule has 0 unspecified atom stereocenters. The van der Waals surface area contributed by atoms with Gasteiger partial charge in [0.25, 0.3) is 0 Å². The van der Waals surface area contributed by atoms with Crippen LogP contribution < -0.4 is 30.7 Å². The highest BCUT2D eigenvalue weighted by molar-refractivity contribution is 5.49. The van der Waals surface area contributed by atoms with Crippen molar-refractivity contribution in [2.24, 2.45) is 0 Å². The minimum absolute atomic E-state index is 0.0158. The van der Waals surface area contributed by atoms with Crippen LogP contribution in [0.5, 0.6) is 0 Å². The van der Waals surface area contributed by atoms with Gasteiger partial charge in [-0.15, -0.1) is 0 Å². The first-order chi connectivity index (χ1) is 26.5. The lowest BCUT2D eigenvalue weighted by atomic mass is 9.79. The second kappa shape index (κ2) is 19.8. The zero-order valence-corrected chi connectivity index (χ0v) is 40.3. The number of hydrogen-bond acceptors (Lipinski definition) is 9. The van der Waals surface area contributed by atoms with Crippen LogP contribution in [0.25, 0.3) is 0 Å². The molecule has 3 N–H and O–H groups in total. The van der Waals surface area contributed by atoms with Crippen LogP contribution in [0.3, 0.4) is 0 Å². The quantitative estimate of drug-likeness (QED) is 0.105. The lowest BCUT2D eigenvalue weighted by Crippen LogP contribution is -2.63. The fourth-order valence-electron chi connectivity index (χ4n) is 11.7. The Bertz CT molecular complexity index is 1150. The van der Waals surface area contributed by atoms with E-state index >= 15 is 0 Å². The average Bonchev–Trinajstić information content (AvgIpc) is 3.04. The van der Waals surface area contributed by atoms with E-state index in [1.165, 1.54) is 57.8 Å². The molecule has 0 aromatic carbocycles. The number of aromatic nitrogens is 3. The maximum Gasteiger partial charge on any atom is 0.232 e. The summed E-state index contributed by atoms with van der Waals surface area (Å²) in [6.07, 6.45) is 21.1. The normalized spacial score (nSPS) is 23.0. The average molecular weight is 796 g/mol. The number of rotatable bonds is 21. The minimum Gasteiger partial charge on any atom is -0.338 e. The molecule has 0 bridgehead atoms. The Hall–Kier alpha value is -1.71. The molecule has 3 saturated heterocycles. The number of anilines is 3. The van der Waals surface area contributed by atoms with E-state index < -0.39 is 0 Å². The number of unbranched alkanes of at least 4 members (excludes halogenated alkanes) is 9. The van der Waals surface area contributed by atoms with Gasteiger partial charge >= 0.3 is 0 Å². The van der Waals surface area contributed by atoms with E-state index in [0.29, 0.717) is 18.1 Å². The smallest absolute Gasteiger partial charge is 0.232 e. The van der Waals surface area contributed by atoms with Crippen molar-refractivity contribution in [1.82, 2.24) is 30.9 Å². The van der Waals surface area contributed by atoms with E-state index in [4.69, 9.17) is 15.0 Å². The molecule has 3 aliphatic heterocycles. The molecule has 0 radical (unpaired) electrons. The molecule has 1 aromatic heterocycles. The van der Waals surface area contributed by atoms with Crippen LogP contribution in [0.4, 0.5) is 17.8 Å². The van der Waals surface area contributed by atoms with Crippen molar-refractivity contribution >= 4 is 17.8 Å². The molecule has 0 saturated carbocycles. The second-order valence-electron chi connectivity index (χ2n) is 22.9. The first kappa shape index (κ1) is 48.0. The summed E-state index contributed by atoms with van der Waals surface area (Å²) in [5.41, 5.74) is 0.0948. The summed E-state index contributed by atoms with van der Waals surface area (Å²) in [4.78, 5) is 25.1. The summed E-state index contributed by atoms with van der Waals surface area (Å²) in [6.45, 7) is 38.5. The molecule has 4 heterocycles. The summed E-state index contributed by atoms with van der Waals surface area (Å²) in [5.74, 6) is 2.71.